The van der Waals surface area contributed by atoms with E-state index in [2.05, 4.69) is 23.2 Å². The highest BCUT2D eigenvalue weighted by atomic mass is 127. The van der Waals surface area contributed by atoms with E-state index in [-0.39, 0.29) is 29.9 Å². The highest BCUT2D eigenvalue weighted by molar-refractivity contribution is 14.0. The number of fused-ring (bicyclic) bond motifs is 1. The first kappa shape index (κ1) is 20.0. The molecule has 3 rings (SSSR count). The number of carbonyl (C=O) groups excluding carboxylic acids is 1. The minimum atomic E-state index is 0. The van der Waals surface area contributed by atoms with Gasteiger partial charge in [-0.25, -0.2) is 0 Å². The first-order chi connectivity index (χ1) is 11.7. The van der Waals surface area contributed by atoms with Crippen LogP contribution in [0.2, 0.25) is 0 Å². The van der Waals surface area contributed by atoms with Gasteiger partial charge in [0.2, 0.25) is 5.91 Å². The van der Waals surface area contributed by atoms with Gasteiger partial charge in [-0.05, 0) is 24.0 Å². The van der Waals surface area contributed by atoms with Crippen molar-refractivity contribution in [1.29, 1.82) is 0 Å². The summed E-state index contributed by atoms with van der Waals surface area (Å²) in [6, 6.07) is 8.37. The van der Waals surface area contributed by atoms with E-state index < -0.39 is 0 Å². The molecule has 1 aromatic carbocycles. The smallest absolute Gasteiger partial charge is 0.222 e. The van der Waals surface area contributed by atoms with Crippen molar-refractivity contribution in [3.8, 4) is 0 Å². The number of carbonyl (C=O) groups is 1. The molecule has 2 N–H and O–H groups in total. The number of hydrogen-bond donors (Lipinski definition) is 1. The number of halogens is 1. The number of guanidine groups is 1. The molecule has 1 fully saturated rings. The Bertz CT molecular complexity index is 602. The van der Waals surface area contributed by atoms with Crippen molar-refractivity contribution in [1.82, 2.24) is 9.80 Å². The van der Waals surface area contributed by atoms with Crippen LogP contribution in [-0.2, 0) is 22.5 Å². The summed E-state index contributed by atoms with van der Waals surface area (Å²) in [4.78, 5) is 20.8. The standard InChI is InChI=1S/C18H26N4O2.HI/c19-18(21-10-12-24-13-11-21)20-8-3-6-17(23)22-9-7-15-4-1-2-5-16(15)14-22;/h1-2,4-5H,3,6-14H2,(H2,19,20);1H. The lowest BCUT2D eigenvalue weighted by Gasteiger charge is -2.29. The molecule has 138 valence electrons. The summed E-state index contributed by atoms with van der Waals surface area (Å²) < 4.78 is 5.30. The average molecular weight is 458 g/mol. The van der Waals surface area contributed by atoms with E-state index in [9.17, 15) is 4.79 Å². The molecular formula is C18H27IN4O2. The normalized spacial score (nSPS) is 17.7. The molecule has 1 amide bonds. The van der Waals surface area contributed by atoms with Crippen LogP contribution in [0, 0.1) is 0 Å². The van der Waals surface area contributed by atoms with Gasteiger partial charge in [0.25, 0.3) is 0 Å². The van der Waals surface area contributed by atoms with E-state index in [4.69, 9.17) is 10.5 Å². The maximum Gasteiger partial charge on any atom is 0.222 e. The van der Waals surface area contributed by atoms with Gasteiger partial charge in [0.05, 0.1) is 13.2 Å². The number of hydrogen-bond acceptors (Lipinski definition) is 3. The van der Waals surface area contributed by atoms with Crippen LogP contribution >= 0.6 is 24.0 Å². The minimum Gasteiger partial charge on any atom is -0.378 e. The van der Waals surface area contributed by atoms with Crippen molar-refractivity contribution in [2.75, 3.05) is 39.4 Å². The summed E-state index contributed by atoms with van der Waals surface area (Å²) in [5.41, 5.74) is 8.62. The zero-order valence-electron chi connectivity index (χ0n) is 14.5. The monoisotopic (exact) mass is 458 g/mol. The van der Waals surface area contributed by atoms with Crippen LogP contribution in [0.5, 0.6) is 0 Å². The van der Waals surface area contributed by atoms with E-state index in [1.807, 2.05) is 15.9 Å². The first-order valence-electron chi connectivity index (χ1n) is 8.71. The summed E-state index contributed by atoms with van der Waals surface area (Å²) in [6.07, 6.45) is 2.22. The molecule has 2 aliphatic heterocycles. The minimum absolute atomic E-state index is 0. The Hall–Kier alpha value is -1.35. The molecule has 0 spiro atoms. The van der Waals surface area contributed by atoms with Gasteiger partial charge in [-0.15, -0.1) is 24.0 Å². The average Bonchev–Trinajstić information content (AvgIpc) is 2.65. The lowest BCUT2D eigenvalue weighted by atomic mass is 9.99. The van der Waals surface area contributed by atoms with Crippen molar-refractivity contribution in [3.05, 3.63) is 35.4 Å². The van der Waals surface area contributed by atoms with Crippen LogP contribution in [0.15, 0.2) is 29.3 Å². The number of amides is 1. The summed E-state index contributed by atoms with van der Waals surface area (Å²) >= 11 is 0. The molecule has 0 unspecified atom stereocenters. The van der Waals surface area contributed by atoms with Crippen molar-refractivity contribution >= 4 is 35.8 Å². The van der Waals surface area contributed by atoms with Crippen LogP contribution in [0.1, 0.15) is 24.0 Å². The third-order valence-electron chi connectivity index (χ3n) is 4.64. The lowest BCUT2D eigenvalue weighted by molar-refractivity contribution is -0.132. The topological polar surface area (TPSA) is 71.2 Å². The number of nitrogens with zero attached hydrogens (tertiary/aromatic N) is 3. The van der Waals surface area contributed by atoms with E-state index in [1.165, 1.54) is 11.1 Å². The van der Waals surface area contributed by atoms with Gasteiger partial charge in [-0.3, -0.25) is 9.79 Å². The Labute approximate surface area is 166 Å². The highest BCUT2D eigenvalue weighted by Gasteiger charge is 2.19. The molecule has 6 nitrogen and oxygen atoms in total. The molecule has 1 saturated heterocycles. The van der Waals surface area contributed by atoms with Crippen LogP contribution in [-0.4, -0.2) is 61.1 Å². The van der Waals surface area contributed by atoms with Crippen LogP contribution in [0.4, 0.5) is 0 Å². The zero-order valence-corrected chi connectivity index (χ0v) is 16.9. The summed E-state index contributed by atoms with van der Waals surface area (Å²) in [5, 5.41) is 0. The fourth-order valence-electron chi connectivity index (χ4n) is 3.18. The molecule has 2 heterocycles. The largest absolute Gasteiger partial charge is 0.378 e. The van der Waals surface area contributed by atoms with Gasteiger partial charge < -0.3 is 20.3 Å². The second kappa shape index (κ2) is 9.96. The van der Waals surface area contributed by atoms with Crippen LogP contribution in [0.3, 0.4) is 0 Å². The molecule has 0 bridgehead atoms. The van der Waals surface area contributed by atoms with Gasteiger partial charge in [-0.1, -0.05) is 24.3 Å². The van der Waals surface area contributed by atoms with Gasteiger partial charge in [0, 0.05) is 39.1 Å². The number of rotatable bonds is 4. The molecule has 0 saturated carbocycles. The molecule has 1 aromatic rings. The third-order valence-corrected chi connectivity index (χ3v) is 4.64. The zero-order chi connectivity index (χ0) is 16.8. The molecule has 0 aromatic heterocycles. The number of aliphatic imine (C=N–C) groups is 1. The Morgan fingerprint density at radius 1 is 1.12 bits per heavy atom. The van der Waals surface area contributed by atoms with E-state index in [1.54, 1.807) is 0 Å². The number of nitrogens with two attached hydrogens (primary N) is 1. The Morgan fingerprint density at radius 2 is 1.84 bits per heavy atom. The quantitative estimate of drug-likeness (QED) is 0.322. The predicted octanol–water partition coefficient (Wildman–Crippen LogP) is 1.62. The van der Waals surface area contributed by atoms with Crippen molar-refractivity contribution < 1.29 is 9.53 Å². The molecule has 2 aliphatic rings. The summed E-state index contributed by atoms with van der Waals surface area (Å²) in [7, 11) is 0. The van der Waals surface area contributed by atoms with Gasteiger partial charge in [0.15, 0.2) is 5.96 Å². The molecule has 25 heavy (non-hydrogen) atoms. The summed E-state index contributed by atoms with van der Waals surface area (Å²) in [5.74, 6) is 0.780. The molecular weight excluding hydrogens is 431 g/mol. The fourth-order valence-corrected chi connectivity index (χ4v) is 3.18. The summed E-state index contributed by atoms with van der Waals surface area (Å²) in [6.45, 7) is 5.13. The second-order valence-corrected chi connectivity index (χ2v) is 6.28. The molecule has 7 heteroatoms. The van der Waals surface area contributed by atoms with Crippen LogP contribution < -0.4 is 5.73 Å². The van der Waals surface area contributed by atoms with E-state index >= 15 is 0 Å². The lowest BCUT2D eigenvalue weighted by Crippen LogP contribution is -2.44. The Morgan fingerprint density at radius 3 is 2.60 bits per heavy atom. The van der Waals surface area contributed by atoms with Gasteiger partial charge in [-0.2, -0.15) is 0 Å². The number of benzene rings is 1. The number of morpholine rings is 1. The van der Waals surface area contributed by atoms with Crippen LogP contribution in [0.25, 0.3) is 0 Å². The fraction of sp³-hybridized carbons (Fsp3) is 0.556. The third kappa shape index (κ3) is 5.57. The maximum atomic E-state index is 12.4. The Balaban J connectivity index is 0.00000225. The van der Waals surface area contributed by atoms with Crippen molar-refractivity contribution in [2.24, 2.45) is 10.7 Å². The van der Waals surface area contributed by atoms with Crippen molar-refractivity contribution in [3.63, 3.8) is 0 Å². The first-order valence-corrected chi connectivity index (χ1v) is 8.71. The van der Waals surface area contributed by atoms with Gasteiger partial charge >= 0.3 is 0 Å². The molecule has 0 radical (unpaired) electrons. The SMILES string of the molecule is I.NC(=NCCCC(=O)N1CCc2ccccc2C1)N1CCOCC1. The maximum absolute atomic E-state index is 12.4. The van der Waals surface area contributed by atoms with Crippen molar-refractivity contribution in [2.45, 2.75) is 25.8 Å². The molecule has 0 aliphatic carbocycles. The molecule has 0 atom stereocenters. The number of ether oxygens (including phenoxy) is 1. The van der Waals surface area contributed by atoms with Gasteiger partial charge in [0.1, 0.15) is 0 Å². The van der Waals surface area contributed by atoms with E-state index in [0.29, 0.717) is 32.1 Å². The predicted molar refractivity (Wildman–Crippen MR) is 109 cm³/mol. The second-order valence-electron chi connectivity index (χ2n) is 6.28. The van der Waals surface area contributed by atoms with E-state index in [0.717, 1.165) is 39.0 Å². The highest BCUT2D eigenvalue weighted by Crippen LogP contribution is 2.19. The Kier molecular flexibility index (Phi) is 7.95.